The minimum atomic E-state index is -1.74. The molecule has 8 rings (SSSR count). The standard InChI is InChI=1S/C86H124N20O18/c1-11-13-24-67-79(117)96-60(34-47(3)4)75(113)93-44-72(110)92-45-73(111)94-63(36-50-27-29-53(107)30-28-50)82(120)102(8)49(7)74(112)98-65(40-71(89)109)84(122)105-33-19-26-68(105)80(118)101-66(41-88)78(116)99-62(35-48(5)6)85(123)106-46-54(108)39-70(106)81(119)97-61(37-51-42-90-57-22-17-15-20-55(51)57)77(115)95-59(31-32-87)76(114)100-64(38-52-43-91-58-23-18-16-21-56(52)58)83(121)104(10)69(25-14-12-2)86(124)103(67)9/h15-18,20-23,27-30,42-43,47-49,54,59-70,90-91,107-108H,11-14,19,24-26,31-41,44-46,87-88H2,1-10H3,(H2,89,109)(H,92,110)(H,93,113)(H,94,111)(H,95,115)(H,96,117)(H,97,119)(H,98,112)(H,99,116)(H,100,114)(H,101,118)/t49-,54+,59-,60-,61-,62-,63-,64-,65-,66-,67-,68?,69-,70-/m0/s1. The minimum absolute atomic E-state index is 0.00864. The molecule has 5 aromatic rings. The number of benzene rings is 3. The van der Waals surface area contributed by atoms with Crippen molar-refractivity contribution in [1.82, 2.24) is 87.6 Å². The van der Waals surface area contributed by atoms with Gasteiger partial charge in [0, 0.05) is 101 Å². The third-order valence-electron chi connectivity index (χ3n) is 22.9. The van der Waals surface area contributed by atoms with E-state index in [4.69, 9.17) is 17.2 Å². The summed E-state index contributed by atoms with van der Waals surface area (Å²) in [6.45, 7) is 9.39. The van der Waals surface area contributed by atoms with E-state index in [1.807, 2.05) is 32.0 Å². The Bertz CT molecular complexity index is 4630. The normalized spacial score (nSPS) is 25.5. The van der Waals surface area contributed by atoms with Crippen molar-refractivity contribution in [3.8, 4) is 5.75 Å². The first-order valence-electron chi connectivity index (χ1n) is 42.6. The number of aromatic hydroxyl groups is 1. The van der Waals surface area contributed by atoms with Gasteiger partial charge in [0.1, 0.15) is 84.3 Å². The fourth-order valence-electron chi connectivity index (χ4n) is 15.9. The number of aromatic nitrogens is 2. The third kappa shape index (κ3) is 26.3. The highest BCUT2D eigenvalue weighted by molar-refractivity contribution is 6.02. The highest BCUT2D eigenvalue weighted by Crippen LogP contribution is 2.28. The quantitative estimate of drug-likeness (QED) is 0.0402. The summed E-state index contributed by atoms with van der Waals surface area (Å²) in [5, 5.41) is 49.4. The molecule has 0 aliphatic carbocycles. The van der Waals surface area contributed by atoms with Crippen molar-refractivity contribution >= 4 is 116 Å². The first-order chi connectivity index (χ1) is 59.0. The van der Waals surface area contributed by atoms with Gasteiger partial charge in [0.05, 0.1) is 25.6 Å². The Morgan fingerprint density at radius 1 is 0.484 bits per heavy atom. The number of aliphatic hydroxyl groups is 1. The van der Waals surface area contributed by atoms with Gasteiger partial charge in [0.15, 0.2) is 0 Å². The predicted molar refractivity (Wildman–Crippen MR) is 458 cm³/mol. The van der Waals surface area contributed by atoms with Crippen molar-refractivity contribution < 1.29 is 86.9 Å². The van der Waals surface area contributed by atoms with Crippen molar-refractivity contribution in [1.29, 1.82) is 0 Å². The second-order valence-electron chi connectivity index (χ2n) is 33.2. The van der Waals surface area contributed by atoms with Gasteiger partial charge in [0.25, 0.3) is 0 Å². The number of nitrogens with zero attached hydrogens (tertiary/aromatic N) is 5. The van der Waals surface area contributed by atoms with Gasteiger partial charge in [-0.3, -0.25) is 76.7 Å². The number of phenolic OH excluding ortho intramolecular Hbond substituents is 1. The molecule has 38 heteroatoms. The van der Waals surface area contributed by atoms with E-state index < -0.39 is 212 Å². The maximum Gasteiger partial charge on any atom is 0.246 e. The molecular weight excluding hydrogens is 1600 g/mol. The molecule has 20 N–H and O–H groups in total. The van der Waals surface area contributed by atoms with E-state index >= 15 is 28.8 Å². The zero-order valence-electron chi connectivity index (χ0n) is 72.3. The fraction of sp³-hybridized carbons (Fsp3) is 0.558. The van der Waals surface area contributed by atoms with Crippen LogP contribution in [0.3, 0.4) is 0 Å². The fourth-order valence-corrected chi connectivity index (χ4v) is 15.9. The lowest BCUT2D eigenvalue weighted by molar-refractivity contribution is -0.149. The van der Waals surface area contributed by atoms with Crippen molar-refractivity contribution in [3.05, 3.63) is 102 Å². The average molecular weight is 1730 g/mol. The monoisotopic (exact) mass is 1720 g/mol. The molecule has 0 radical (unpaired) electrons. The molecule has 3 aromatic carbocycles. The summed E-state index contributed by atoms with van der Waals surface area (Å²) in [6.07, 6.45) is 2.31. The number of nitrogens with one attached hydrogen (secondary N) is 12. The van der Waals surface area contributed by atoms with Gasteiger partial charge < -0.3 is 115 Å². The van der Waals surface area contributed by atoms with E-state index in [9.17, 15) is 58.2 Å². The SMILES string of the molecule is CCCC[C@H]1C(=O)N(C)[C@@H](CCCC)C(=O)N[C@@H](CC(C)C)C(=O)NCC(=O)NCC(=O)N[C@@H](Cc2ccc(O)cc2)C(=O)N(C)[C@@H](C)C(=O)N[C@@H](CC(N)=O)C(=O)N2CCCC2C(=O)N[C@@H](CN)C(=O)N[C@@H](CC(C)C)C(=O)N2C[C@H](O)C[C@H]2C(=O)N[C@@H](Cc2c[nH]c3ccccc23)C(=O)N[C@@H](CCN)C(=O)N[C@@H](Cc2c[nH]c3ccccc23)C(=O)N1C. The number of nitrogens with two attached hydrogens (primary N) is 3. The summed E-state index contributed by atoms with van der Waals surface area (Å²) in [5.41, 5.74) is 21.0. The summed E-state index contributed by atoms with van der Waals surface area (Å²) >= 11 is 0. The second-order valence-corrected chi connectivity index (χ2v) is 33.2. The smallest absolute Gasteiger partial charge is 0.246 e. The molecule has 1 unspecified atom stereocenters. The van der Waals surface area contributed by atoms with Gasteiger partial charge >= 0.3 is 0 Å². The molecule has 16 amide bonds. The lowest BCUT2D eigenvalue weighted by atomic mass is 9.99. The molecule has 3 fully saturated rings. The number of para-hydroxylation sites is 2. The van der Waals surface area contributed by atoms with Crippen LogP contribution >= 0.6 is 0 Å². The van der Waals surface area contributed by atoms with Crippen LogP contribution in [-0.4, -0.2) is 284 Å². The van der Waals surface area contributed by atoms with E-state index in [-0.39, 0.29) is 101 Å². The van der Waals surface area contributed by atoms with Crippen molar-refractivity contribution in [2.75, 3.05) is 60.4 Å². The number of fused-ring (bicyclic) bond motifs is 4. The summed E-state index contributed by atoms with van der Waals surface area (Å²) in [7, 11) is 4.05. The van der Waals surface area contributed by atoms with Gasteiger partial charge in [0.2, 0.25) is 94.5 Å². The Kier molecular flexibility index (Phi) is 36.0. The van der Waals surface area contributed by atoms with Gasteiger partial charge in [-0.05, 0) is 111 Å². The Morgan fingerprint density at radius 3 is 1.57 bits per heavy atom. The maximum absolute atomic E-state index is 15.7. The number of amides is 16. The van der Waals surface area contributed by atoms with Crippen molar-refractivity contribution in [3.63, 3.8) is 0 Å². The summed E-state index contributed by atoms with van der Waals surface area (Å²) < 4.78 is 0. The first-order valence-corrected chi connectivity index (χ1v) is 42.6. The molecule has 0 saturated carbocycles. The zero-order chi connectivity index (χ0) is 90.9. The predicted octanol–water partition coefficient (Wildman–Crippen LogP) is -1.38. The number of primary amides is 1. The lowest BCUT2D eigenvalue weighted by Gasteiger charge is -2.36. The molecule has 676 valence electrons. The highest BCUT2D eigenvalue weighted by Gasteiger charge is 2.46. The topological polar surface area (TPSA) is 560 Å². The molecule has 3 saturated heterocycles. The number of carbonyl (C=O) groups excluding carboxylic acids is 16. The Labute approximate surface area is 720 Å². The van der Waals surface area contributed by atoms with E-state index in [2.05, 4.69) is 63.1 Å². The van der Waals surface area contributed by atoms with E-state index in [1.54, 1.807) is 70.4 Å². The molecule has 0 bridgehead atoms. The van der Waals surface area contributed by atoms with Crippen LogP contribution in [0.15, 0.2) is 85.2 Å². The largest absolute Gasteiger partial charge is 0.508 e. The number of hydrogen-bond acceptors (Lipinski definition) is 20. The van der Waals surface area contributed by atoms with Crippen molar-refractivity contribution in [2.45, 2.75) is 236 Å². The number of aromatic amines is 2. The molecule has 0 spiro atoms. The summed E-state index contributed by atoms with van der Waals surface area (Å²) in [4.78, 5) is 246. The second kappa shape index (κ2) is 45.9. The Balaban J connectivity index is 1.15. The number of H-pyrrole nitrogens is 2. The van der Waals surface area contributed by atoms with Crippen LogP contribution < -0.4 is 70.4 Å². The zero-order valence-corrected chi connectivity index (χ0v) is 72.3. The van der Waals surface area contributed by atoms with Gasteiger partial charge in [-0.2, -0.15) is 0 Å². The van der Waals surface area contributed by atoms with Gasteiger partial charge in [-0.1, -0.05) is 116 Å². The molecule has 3 aliphatic rings. The summed E-state index contributed by atoms with van der Waals surface area (Å²) in [5.74, 6) is -14.7. The number of carbonyl (C=O) groups is 16. The minimum Gasteiger partial charge on any atom is -0.508 e. The van der Waals surface area contributed by atoms with Crippen LogP contribution in [0.4, 0.5) is 0 Å². The number of likely N-dealkylation sites (N-methyl/N-ethyl adjacent to an activating group) is 3. The van der Waals surface area contributed by atoms with E-state index in [0.29, 0.717) is 64.2 Å². The number of phenols is 1. The maximum atomic E-state index is 15.7. The molecule has 2 aromatic heterocycles. The Hall–Kier alpha value is -12.1. The molecule has 5 heterocycles. The van der Waals surface area contributed by atoms with Crippen LogP contribution in [0.25, 0.3) is 21.8 Å². The van der Waals surface area contributed by atoms with Crippen LogP contribution in [0, 0.1) is 11.8 Å². The lowest BCUT2D eigenvalue weighted by Crippen LogP contribution is -2.61. The summed E-state index contributed by atoms with van der Waals surface area (Å²) in [6, 6.07) is 1.09. The highest BCUT2D eigenvalue weighted by atomic mass is 16.3. The molecule has 3 aliphatic heterocycles. The van der Waals surface area contributed by atoms with Gasteiger partial charge in [-0.25, -0.2) is 0 Å². The average Bonchev–Trinajstić information content (AvgIpc) is 1.74. The molecule has 38 nitrogen and oxygen atoms in total. The van der Waals surface area contributed by atoms with Gasteiger partial charge in [-0.15, -0.1) is 0 Å². The van der Waals surface area contributed by atoms with E-state index in [1.165, 1.54) is 62.1 Å². The Morgan fingerprint density at radius 2 is 0.976 bits per heavy atom. The number of aliphatic hydroxyl groups excluding tert-OH is 1. The first kappa shape index (κ1) is 97.4. The molecule has 14 atom stereocenters. The van der Waals surface area contributed by atoms with Crippen LogP contribution in [0.1, 0.15) is 149 Å². The van der Waals surface area contributed by atoms with Crippen molar-refractivity contribution in [2.24, 2.45) is 29.0 Å². The van der Waals surface area contributed by atoms with Crippen LogP contribution in [0.5, 0.6) is 5.75 Å². The van der Waals surface area contributed by atoms with Crippen LogP contribution in [-0.2, 0) is 96.0 Å². The number of unbranched alkanes of at least 4 members (excludes halogenated alkanes) is 2. The molecular formula is C86H124N20O18. The number of hydrogen-bond donors (Lipinski definition) is 17. The third-order valence-corrected chi connectivity index (χ3v) is 22.9. The number of rotatable bonds is 21. The van der Waals surface area contributed by atoms with Crippen LogP contribution in [0.2, 0.25) is 0 Å². The molecule has 124 heavy (non-hydrogen) atoms. The van der Waals surface area contributed by atoms with E-state index in [0.717, 1.165) is 14.7 Å².